The van der Waals surface area contributed by atoms with E-state index in [0.717, 1.165) is 4.90 Å². The second kappa shape index (κ2) is 7.26. The van der Waals surface area contributed by atoms with E-state index in [1.165, 1.54) is 20.8 Å². The third-order valence-electron chi connectivity index (χ3n) is 3.91. The third kappa shape index (κ3) is 4.10. The number of urea groups is 1. The lowest BCUT2D eigenvalue weighted by atomic mass is 10.1. The fourth-order valence-electron chi connectivity index (χ4n) is 2.62. The zero-order valence-corrected chi connectivity index (χ0v) is 15.4. The van der Waals surface area contributed by atoms with Crippen molar-refractivity contribution < 1.29 is 38.5 Å². The summed E-state index contributed by atoms with van der Waals surface area (Å²) < 4.78 is 14.2. The Hall–Kier alpha value is -1.72. The van der Waals surface area contributed by atoms with Crippen LogP contribution in [0.5, 0.6) is 0 Å². The minimum Gasteiger partial charge on any atom is -0.463 e. The Morgan fingerprint density at radius 2 is 2.04 bits per heavy atom. The maximum absolute atomic E-state index is 12.1. The largest absolute Gasteiger partial charge is 0.463 e. The molecule has 0 radical (unpaired) electrons. The molecule has 3 amide bonds. The van der Waals surface area contributed by atoms with Crippen molar-refractivity contribution >= 4 is 39.8 Å². The molecular formula is C14H19BrN2O8. The number of aliphatic hydroxyl groups is 1. The third-order valence-corrected chi connectivity index (χ3v) is 4.68. The van der Waals surface area contributed by atoms with Gasteiger partial charge in [-0.05, 0) is 6.92 Å². The van der Waals surface area contributed by atoms with Crippen LogP contribution in [0.2, 0.25) is 0 Å². The summed E-state index contributed by atoms with van der Waals surface area (Å²) in [5.74, 6) is -1.79. The van der Waals surface area contributed by atoms with E-state index in [1.54, 1.807) is 0 Å². The van der Waals surface area contributed by atoms with Crippen molar-refractivity contribution in [1.82, 2.24) is 10.2 Å². The van der Waals surface area contributed by atoms with Gasteiger partial charge in [0.05, 0.1) is 0 Å². The van der Waals surface area contributed by atoms with Crippen LogP contribution >= 0.6 is 15.9 Å². The van der Waals surface area contributed by atoms with E-state index in [1.807, 2.05) is 0 Å². The summed E-state index contributed by atoms with van der Waals surface area (Å²) in [7, 11) is 0. The SMILES string of the molecule is CC(=O)OC[C@H]1O[C@@H](N2C(=O)NC(=O)[C@@](C)(Br)[C@@H]2O)C[C@@H]1OC(C)=O. The van der Waals surface area contributed by atoms with E-state index in [4.69, 9.17) is 14.2 Å². The van der Waals surface area contributed by atoms with Crippen molar-refractivity contribution in [3.8, 4) is 0 Å². The van der Waals surface area contributed by atoms with Crippen LogP contribution in [-0.4, -0.2) is 69.5 Å². The minimum absolute atomic E-state index is 0.0489. The second-order valence-corrected chi connectivity index (χ2v) is 7.58. The Labute approximate surface area is 151 Å². The summed E-state index contributed by atoms with van der Waals surface area (Å²) >= 11 is 3.09. The highest BCUT2D eigenvalue weighted by Crippen LogP contribution is 2.34. The number of hydrogen-bond donors (Lipinski definition) is 2. The number of carbonyl (C=O) groups is 4. The van der Waals surface area contributed by atoms with Gasteiger partial charge in [0, 0.05) is 20.3 Å². The first-order chi connectivity index (χ1) is 11.5. The Morgan fingerprint density at radius 1 is 1.40 bits per heavy atom. The Kier molecular flexibility index (Phi) is 5.69. The van der Waals surface area contributed by atoms with Crippen LogP contribution in [0.4, 0.5) is 4.79 Å². The maximum Gasteiger partial charge on any atom is 0.328 e. The lowest BCUT2D eigenvalue weighted by Crippen LogP contribution is -2.68. The number of alkyl halides is 1. The number of aliphatic hydroxyl groups excluding tert-OH is 1. The van der Waals surface area contributed by atoms with Gasteiger partial charge in [0.25, 0.3) is 0 Å². The molecule has 5 atom stereocenters. The minimum atomic E-state index is -1.51. The van der Waals surface area contributed by atoms with Crippen LogP contribution in [0, 0.1) is 0 Å². The van der Waals surface area contributed by atoms with Crippen molar-refractivity contribution in [1.29, 1.82) is 0 Å². The van der Waals surface area contributed by atoms with Gasteiger partial charge in [0.1, 0.15) is 29.4 Å². The molecule has 10 nitrogen and oxygen atoms in total. The van der Waals surface area contributed by atoms with Gasteiger partial charge in [-0.2, -0.15) is 0 Å². The average molecular weight is 423 g/mol. The van der Waals surface area contributed by atoms with Crippen LogP contribution in [0.15, 0.2) is 0 Å². The lowest BCUT2D eigenvalue weighted by molar-refractivity contribution is -0.162. The van der Waals surface area contributed by atoms with Crippen LogP contribution < -0.4 is 5.32 Å². The van der Waals surface area contributed by atoms with Crippen molar-refractivity contribution in [2.24, 2.45) is 0 Å². The molecule has 2 saturated heterocycles. The summed E-state index contributed by atoms with van der Waals surface area (Å²) in [6, 6.07) is -0.839. The normalized spacial score (nSPS) is 35.3. The molecule has 2 fully saturated rings. The number of esters is 2. The van der Waals surface area contributed by atoms with Crippen molar-refractivity contribution in [2.45, 2.75) is 56.2 Å². The van der Waals surface area contributed by atoms with Crippen LogP contribution in [-0.2, 0) is 28.6 Å². The van der Waals surface area contributed by atoms with Crippen LogP contribution in [0.25, 0.3) is 0 Å². The van der Waals surface area contributed by atoms with Gasteiger partial charge in [-0.3, -0.25) is 24.6 Å². The Morgan fingerprint density at radius 3 is 2.60 bits per heavy atom. The smallest absolute Gasteiger partial charge is 0.328 e. The molecule has 2 rings (SSSR count). The molecule has 2 aliphatic heterocycles. The van der Waals surface area contributed by atoms with E-state index < -0.39 is 52.9 Å². The molecule has 25 heavy (non-hydrogen) atoms. The highest BCUT2D eigenvalue weighted by Gasteiger charge is 2.54. The quantitative estimate of drug-likeness (QED) is 0.462. The van der Waals surface area contributed by atoms with Crippen molar-refractivity contribution in [3.63, 3.8) is 0 Å². The molecule has 11 heteroatoms. The lowest BCUT2D eigenvalue weighted by Gasteiger charge is -2.42. The molecule has 0 aliphatic carbocycles. The number of ether oxygens (including phenoxy) is 3. The van der Waals surface area contributed by atoms with Crippen LogP contribution in [0.1, 0.15) is 27.2 Å². The van der Waals surface area contributed by atoms with E-state index in [-0.39, 0.29) is 13.0 Å². The summed E-state index contributed by atoms with van der Waals surface area (Å²) in [5.41, 5.74) is 0. The molecule has 2 heterocycles. The molecule has 0 saturated carbocycles. The van der Waals surface area contributed by atoms with Gasteiger partial charge in [0.15, 0.2) is 6.23 Å². The molecule has 0 bridgehead atoms. The number of hydrogen-bond acceptors (Lipinski definition) is 8. The highest BCUT2D eigenvalue weighted by molar-refractivity contribution is 9.10. The number of nitrogens with zero attached hydrogens (tertiary/aromatic N) is 1. The number of halogens is 1. The summed E-state index contributed by atoms with van der Waals surface area (Å²) in [5, 5.41) is 12.5. The van der Waals surface area contributed by atoms with E-state index in [2.05, 4.69) is 21.2 Å². The average Bonchev–Trinajstić information content (AvgIpc) is 2.85. The van der Waals surface area contributed by atoms with Gasteiger partial charge in [-0.1, -0.05) is 15.9 Å². The zero-order valence-electron chi connectivity index (χ0n) is 13.9. The zero-order chi connectivity index (χ0) is 18.9. The fraction of sp³-hybridized carbons (Fsp3) is 0.714. The summed E-state index contributed by atoms with van der Waals surface area (Å²) in [4.78, 5) is 47.1. The fourth-order valence-corrected chi connectivity index (χ4v) is 2.94. The number of rotatable bonds is 4. The predicted octanol–water partition coefficient (Wildman–Crippen LogP) is -0.380. The first kappa shape index (κ1) is 19.6. The van der Waals surface area contributed by atoms with Crippen molar-refractivity contribution in [2.75, 3.05) is 6.61 Å². The van der Waals surface area contributed by atoms with Crippen molar-refractivity contribution in [3.05, 3.63) is 0 Å². The predicted molar refractivity (Wildman–Crippen MR) is 84.2 cm³/mol. The van der Waals surface area contributed by atoms with Gasteiger partial charge in [-0.15, -0.1) is 0 Å². The number of amides is 3. The molecular weight excluding hydrogens is 404 g/mol. The molecule has 0 spiro atoms. The Bertz CT molecular complexity index is 595. The number of imide groups is 1. The molecule has 0 aromatic rings. The second-order valence-electron chi connectivity index (χ2n) is 5.93. The first-order valence-electron chi connectivity index (χ1n) is 7.50. The van der Waals surface area contributed by atoms with Gasteiger partial charge in [0.2, 0.25) is 5.91 Å². The van der Waals surface area contributed by atoms with E-state index in [0.29, 0.717) is 0 Å². The first-order valence-corrected chi connectivity index (χ1v) is 8.30. The molecule has 2 N–H and O–H groups in total. The number of nitrogens with one attached hydrogen (secondary N) is 1. The Balaban J connectivity index is 2.18. The van der Waals surface area contributed by atoms with E-state index in [9.17, 15) is 24.3 Å². The van der Waals surface area contributed by atoms with Gasteiger partial charge < -0.3 is 19.3 Å². The number of carbonyl (C=O) groups excluding carboxylic acids is 4. The maximum atomic E-state index is 12.1. The van der Waals surface area contributed by atoms with E-state index >= 15 is 0 Å². The monoisotopic (exact) mass is 422 g/mol. The molecule has 0 aromatic heterocycles. The standard InChI is InChI=1S/C14H19BrN2O8/c1-6(18)23-5-9-8(24-7(2)19)4-10(25-9)17-12(21)14(3,15)11(20)16-13(17)22/h8-10,12,21H,4-5H2,1-3H3,(H,16,20,22)/t8-,9+,10+,12-,14+/m0/s1. The summed E-state index contributed by atoms with van der Waals surface area (Å²) in [6.07, 6.45) is -4.03. The van der Waals surface area contributed by atoms with Crippen LogP contribution in [0.3, 0.4) is 0 Å². The molecule has 0 unspecified atom stereocenters. The van der Waals surface area contributed by atoms with Gasteiger partial charge >= 0.3 is 18.0 Å². The van der Waals surface area contributed by atoms with Gasteiger partial charge in [-0.25, -0.2) is 4.79 Å². The molecule has 0 aromatic carbocycles. The topological polar surface area (TPSA) is 131 Å². The highest BCUT2D eigenvalue weighted by atomic mass is 79.9. The molecule has 2 aliphatic rings. The molecule has 140 valence electrons. The summed E-state index contributed by atoms with van der Waals surface area (Å²) in [6.45, 7) is 3.66.